The van der Waals surface area contributed by atoms with E-state index in [9.17, 15) is 20.1 Å². The number of hydrogen-bond acceptors (Lipinski definition) is 7. The number of nitrogens with two attached hydrogens (primary N) is 1. The molecule has 0 spiro atoms. The first-order chi connectivity index (χ1) is 10.8. The molecule has 8 nitrogen and oxygen atoms in total. The molecule has 1 fully saturated rings. The maximum absolute atomic E-state index is 15.5. The summed E-state index contributed by atoms with van der Waals surface area (Å²) in [5.41, 5.74) is 1.92. The van der Waals surface area contributed by atoms with E-state index >= 15 is 4.39 Å². The van der Waals surface area contributed by atoms with Crippen molar-refractivity contribution in [3.63, 3.8) is 0 Å². The Balaban J connectivity index is 2.48. The summed E-state index contributed by atoms with van der Waals surface area (Å²) in [5, 5.41) is 30.2. The average molecular weight is 331 g/mol. The molecule has 23 heavy (non-hydrogen) atoms. The predicted molar refractivity (Wildman–Crippen MR) is 79.0 cm³/mol. The van der Waals surface area contributed by atoms with Gasteiger partial charge in [0.25, 0.3) is 0 Å². The number of aliphatic hydroxyl groups is 3. The fourth-order valence-electron chi connectivity index (χ4n) is 2.84. The summed E-state index contributed by atoms with van der Waals surface area (Å²) in [5.74, 6) is -3.16. The molecule has 1 saturated heterocycles. The van der Waals surface area contributed by atoms with E-state index in [-0.39, 0.29) is 12.2 Å². The Morgan fingerprint density at radius 2 is 2.22 bits per heavy atom. The molecule has 0 aliphatic carbocycles. The summed E-state index contributed by atoms with van der Waals surface area (Å²) in [6, 6.07) is 1.18. The van der Waals surface area contributed by atoms with Gasteiger partial charge < -0.3 is 25.8 Å². The van der Waals surface area contributed by atoms with Crippen molar-refractivity contribution >= 4 is 5.82 Å². The van der Waals surface area contributed by atoms with Crippen molar-refractivity contribution in [2.45, 2.75) is 56.4 Å². The van der Waals surface area contributed by atoms with Gasteiger partial charge >= 0.3 is 11.7 Å². The van der Waals surface area contributed by atoms with Crippen LogP contribution in [0.4, 0.5) is 10.2 Å². The molecule has 1 aliphatic heterocycles. The van der Waals surface area contributed by atoms with E-state index in [2.05, 4.69) is 4.98 Å². The Hall–Kier alpha value is -1.55. The van der Waals surface area contributed by atoms with Crippen LogP contribution in [0.3, 0.4) is 0 Å². The highest BCUT2D eigenvalue weighted by Crippen LogP contribution is 2.47. The minimum absolute atomic E-state index is 0.110. The molecule has 130 valence electrons. The van der Waals surface area contributed by atoms with Gasteiger partial charge in [0.1, 0.15) is 18.0 Å². The van der Waals surface area contributed by atoms with Crippen molar-refractivity contribution < 1.29 is 24.4 Å². The van der Waals surface area contributed by atoms with Crippen molar-refractivity contribution in [1.82, 2.24) is 9.55 Å². The molecule has 5 N–H and O–H groups in total. The second kappa shape index (κ2) is 6.52. The Morgan fingerprint density at radius 1 is 1.52 bits per heavy atom. The van der Waals surface area contributed by atoms with Gasteiger partial charge in [-0.1, -0.05) is 26.2 Å². The molecule has 0 amide bonds. The standard InChI is InChI=1S/C14H22FN3O5/c1-2-3-4-6-13(22)11(20)9(8-19)23-14(13,15)18-7-5-10(16)17-12(18)21/h5,7,9,11,19-20,22H,2-4,6,8H2,1H3,(H2,16,17,21)/t9-,11-,13-,14+/m1/s1. The Bertz CT molecular complexity index is 612. The highest BCUT2D eigenvalue weighted by atomic mass is 19.2. The number of anilines is 1. The van der Waals surface area contributed by atoms with Gasteiger partial charge in [0, 0.05) is 6.20 Å². The van der Waals surface area contributed by atoms with Gasteiger partial charge in [-0.15, -0.1) is 0 Å². The van der Waals surface area contributed by atoms with Crippen LogP contribution in [0.25, 0.3) is 0 Å². The number of nitrogen functional groups attached to an aromatic ring is 1. The predicted octanol–water partition coefficient (Wildman–Crippen LogP) is -0.531. The normalized spacial score (nSPS) is 34.0. The van der Waals surface area contributed by atoms with Gasteiger partial charge in [-0.2, -0.15) is 9.37 Å². The van der Waals surface area contributed by atoms with Crippen LogP contribution in [0.1, 0.15) is 32.6 Å². The van der Waals surface area contributed by atoms with Crippen molar-refractivity contribution in [3.05, 3.63) is 22.7 Å². The number of aromatic nitrogens is 2. The number of nitrogens with zero attached hydrogens (tertiary/aromatic N) is 2. The first-order valence-corrected chi connectivity index (χ1v) is 7.54. The lowest BCUT2D eigenvalue weighted by atomic mass is 9.87. The van der Waals surface area contributed by atoms with E-state index in [4.69, 9.17) is 10.5 Å². The second-order valence-corrected chi connectivity index (χ2v) is 5.73. The zero-order valence-electron chi connectivity index (χ0n) is 12.9. The number of halogens is 1. The first-order valence-electron chi connectivity index (χ1n) is 7.54. The van der Waals surface area contributed by atoms with Gasteiger partial charge in [-0.3, -0.25) is 0 Å². The Labute approximate surface area is 132 Å². The summed E-state index contributed by atoms with van der Waals surface area (Å²) < 4.78 is 21.0. The maximum Gasteiger partial charge on any atom is 0.354 e. The summed E-state index contributed by atoms with van der Waals surface area (Å²) in [4.78, 5) is 15.4. The maximum atomic E-state index is 15.5. The van der Waals surface area contributed by atoms with Crippen molar-refractivity contribution in [1.29, 1.82) is 0 Å². The van der Waals surface area contributed by atoms with Gasteiger partial charge in [-0.05, 0) is 12.5 Å². The monoisotopic (exact) mass is 331 g/mol. The first kappa shape index (κ1) is 17.8. The zero-order chi connectivity index (χ0) is 17.3. The molecule has 1 aromatic rings. The van der Waals surface area contributed by atoms with Gasteiger partial charge in [0.2, 0.25) is 0 Å². The van der Waals surface area contributed by atoms with Crippen LogP contribution in [0.5, 0.6) is 0 Å². The fourth-order valence-corrected chi connectivity index (χ4v) is 2.84. The number of aliphatic hydroxyl groups excluding tert-OH is 2. The van der Waals surface area contributed by atoms with Crippen LogP contribution >= 0.6 is 0 Å². The van der Waals surface area contributed by atoms with E-state index < -0.39 is 36.1 Å². The van der Waals surface area contributed by atoms with Crippen LogP contribution in [0, 0.1) is 0 Å². The molecule has 4 atom stereocenters. The SMILES string of the molecule is CCCCC[C@@]1(O)[C@H](O)[C@@H](CO)O[C@@]1(F)n1ccc(N)nc1=O. The lowest BCUT2D eigenvalue weighted by Gasteiger charge is -2.36. The van der Waals surface area contributed by atoms with Crippen molar-refractivity contribution in [2.24, 2.45) is 0 Å². The zero-order valence-corrected chi connectivity index (χ0v) is 12.9. The highest BCUT2D eigenvalue weighted by Gasteiger charge is 2.67. The molecular weight excluding hydrogens is 309 g/mol. The van der Waals surface area contributed by atoms with Crippen LogP contribution in [0.15, 0.2) is 17.1 Å². The molecule has 2 heterocycles. The third kappa shape index (κ3) is 2.85. The van der Waals surface area contributed by atoms with Crippen molar-refractivity contribution in [2.75, 3.05) is 12.3 Å². The summed E-state index contributed by atoms with van der Waals surface area (Å²) in [6.07, 6.45) is -0.277. The molecular formula is C14H22FN3O5. The molecule has 0 saturated carbocycles. The van der Waals surface area contributed by atoms with Crippen LogP contribution in [-0.4, -0.2) is 49.3 Å². The Kier molecular flexibility index (Phi) is 5.04. The van der Waals surface area contributed by atoms with Crippen LogP contribution in [0.2, 0.25) is 0 Å². The van der Waals surface area contributed by atoms with E-state index in [1.165, 1.54) is 6.07 Å². The molecule has 0 aromatic carbocycles. The number of hydrogen-bond donors (Lipinski definition) is 4. The van der Waals surface area contributed by atoms with Crippen LogP contribution in [-0.2, 0) is 10.7 Å². The van der Waals surface area contributed by atoms with Crippen molar-refractivity contribution in [3.8, 4) is 0 Å². The van der Waals surface area contributed by atoms with Gasteiger partial charge in [0.05, 0.1) is 6.61 Å². The Morgan fingerprint density at radius 3 is 2.78 bits per heavy atom. The largest absolute Gasteiger partial charge is 0.394 e. The summed E-state index contributed by atoms with van der Waals surface area (Å²) >= 11 is 0. The molecule has 1 aliphatic rings. The van der Waals surface area contributed by atoms with E-state index in [0.29, 0.717) is 17.4 Å². The number of alkyl halides is 1. The molecule has 0 unspecified atom stereocenters. The molecule has 2 rings (SSSR count). The van der Waals surface area contributed by atoms with E-state index in [1.54, 1.807) is 0 Å². The highest BCUT2D eigenvalue weighted by molar-refractivity contribution is 5.24. The molecule has 0 radical (unpaired) electrons. The van der Waals surface area contributed by atoms with E-state index in [1.807, 2.05) is 6.92 Å². The fraction of sp³-hybridized carbons (Fsp3) is 0.714. The lowest BCUT2D eigenvalue weighted by molar-refractivity contribution is -0.282. The van der Waals surface area contributed by atoms with Gasteiger partial charge in [-0.25, -0.2) is 9.36 Å². The topological polar surface area (TPSA) is 131 Å². The third-order valence-electron chi connectivity index (χ3n) is 4.16. The van der Waals surface area contributed by atoms with E-state index in [0.717, 1.165) is 12.6 Å². The average Bonchev–Trinajstić information content (AvgIpc) is 2.69. The number of ether oxygens (including phenoxy) is 1. The summed E-state index contributed by atoms with van der Waals surface area (Å²) in [7, 11) is 0. The lowest BCUT2D eigenvalue weighted by Crippen LogP contribution is -2.58. The molecule has 0 bridgehead atoms. The summed E-state index contributed by atoms with van der Waals surface area (Å²) in [6.45, 7) is 1.22. The van der Waals surface area contributed by atoms with Gasteiger partial charge in [0.15, 0.2) is 5.60 Å². The molecule has 1 aromatic heterocycles. The smallest absolute Gasteiger partial charge is 0.354 e. The quantitative estimate of drug-likeness (QED) is 0.515. The third-order valence-corrected chi connectivity index (χ3v) is 4.16. The molecule has 9 heteroatoms. The van der Waals surface area contributed by atoms with Crippen LogP contribution < -0.4 is 11.4 Å². The minimum Gasteiger partial charge on any atom is -0.394 e. The number of unbranched alkanes of at least 4 members (excludes halogenated alkanes) is 2. The number of rotatable bonds is 6. The second-order valence-electron chi connectivity index (χ2n) is 5.73. The minimum atomic E-state index is -3.05.